The zero-order valence-electron chi connectivity index (χ0n) is 17.0. The average Bonchev–Trinajstić information content (AvgIpc) is 2.73. The highest BCUT2D eigenvalue weighted by Gasteiger charge is 2.34. The van der Waals surface area contributed by atoms with Crippen LogP contribution in [0.2, 0.25) is 0 Å². The van der Waals surface area contributed by atoms with E-state index in [4.69, 9.17) is 4.74 Å². The lowest BCUT2D eigenvalue weighted by Gasteiger charge is -2.34. The molecule has 7 heteroatoms. The molecule has 2 aromatic carbocycles. The molecule has 0 bridgehead atoms. The number of nitrogens with zero attached hydrogens (tertiary/aromatic N) is 1. The van der Waals surface area contributed by atoms with Crippen LogP contribution in [0.4, 0.5) is 14.0 Å². The normalized spacial score (nSPS) is 17.6. The van der Waals surface area contributed by atoms with Gasteiger partial charge in [-0.25, -0.2) is 14.0 Å². The number of carboxylic acid groups (broad SMARTS) is 1. The Morgan fingerprint density at radius 3 is 2.65 bits per heavy atom. The van der Waals surface area contributed by atoms with Crippen molar-refractivity contribution < 1.29 is 23.8 Å². The van der Waals surface area contributed by atoms with E-state index < -0.39 is 23.5 Å². The first-order chi connectivity index (χ1) is 14.8. The van der Waals surface area contributed by atoms with Crippen molar-refractivity contribution in [3.05, 3.63) is 102 Å². The minimum atomic E-state index is -1.20. The molecule has 0 spiro atoms. The molecule has 0 fully saturated rings. The third-order valence-corrected chi connectivity index (χ3v) is 4.87. The van der Waals surface area contributed by atoms with E-state index in [0.717, 1.165) is 10.5 Å². The Kier molecular flexibility index (Phi) is 6.55. The first-order valence-electron chi connectivity index (χ1n) is 9.64. The fourth-order valence-corrected chi connectivity index (χ4v) is 3.38. The predicted octanol–water partition coefficient (Wildman–Crippen LogP) is 5.22. The lowest BCUT2D eigenvalue weighted by atomic mass is 9.89. The van der Waals surface area contributed by atoms with Crippen molar-refractivity contribution in [2.24, 2.45) is 0 Å². The first-order valence-corrected chi connectivity index (χ1v) is 9.64. The summed E-state index contributed by atoms with van der Waals surface area (Å²) in [5.41, 5.74) is 1.17. The topological polar surface area (TPSA) is 78.9 Å². The van der Waals surface area contributed by atoms with Crippen LogP contribution in [0.25, 0.3) is 5.70 Å². The molecule has 1 atom stereocenters. The van der Waals surface area contributed by atoms with Gasteiger partial charge in [-0.2, -0.15) is 0 Å². The standard InChI is InChI=1S/C24H23FN2O4/c1-3-11-24(26-22(28)31-16-18-7-5-4-6-8-18)12-13-27(23(29)30)21(15-24)20-10-9-19(25)14-17(20)2/h3-10,12-15H,1,11,16H2,2H3,(H,26,28)(H,29,30)/t24-/m0/s1. The fourth-order valence-electron chi connectivity index (χ4n) is 3.38. The summed E-state index contributed by atoms with van der Waals surface area (Å²) >= 11 is 0. The van der Waals surface area contributed by atoms with E-state index in [1.54, 1.807) is 25.2 Å². The lowest BCUT2D eigenvalue weighted by molar-refractivity contribution is 0.133. The molecule has 0 saturated heterocycles. The quantitative estimate of drug-likeness (QED) is 0.626. The maximum absolute atomic E-state index is 13.6. The van der Waals surface area contributed by atoms with Crippen LogP contribution in [0.15, 0.2) is 79.5 Å². The highest BCUT2D eigenvalue weighted by Crippen LogP contribution is 2.32. The van der Waals surface area contributed by atoms with Crippen molar-refractivity contribution in [1.29, 1.82) is 0 Å². The van der Waals surface area contributed by atoms with Crippen LogP contribution in [0.1, 0.15) is 23.1 Å². The van der Waals surface area contributed by atoms with Gasteiger partial charge in [0.2, 0.25) is 0 Å². The Balaban J connectivity index is 1.91. The Hall–Kier alpha value is -3.87. The molecule has 1 aliphatic heterocycles. The molecule has 2 N–H and O–H groups in total. The number of aryl methyl sites for hydroxylation is 1. The van der Waals surface area contributed by atoms with Crippen molar-refractivity contribution in [2.45, 2.75) is 25.5 Å². The van der Waals surface area contributed by atoms with Gasteiger partial charge in [-0.05, 0) is 54.8 Å². The number of hydrogen-bond donors (Lipinski definition) is 2. The summed E-state index contributed by atoms with van der Waals surface area (Å²) in [5.74, 6) is -0.421. The highest BCUT2D eigenvalue weighted by atomic mass is 19.1. The van der Waals surface area contributed by atoms with E-state index in [-0.39, 0.29) is 6.61 Å². The van der Waals surface area contributed by atoms with E-state index in [9.17, 15) is 19.1 Å². The third kappa shape index (κ3) is 5.19. The molecule has 160 valence electrons. The predicted molar refractivity (Wildman–Crippen MR) is 115 cm³/mol. The van der Waals surface area contributed by atoms with Crippen LogP contribution in [0.3, 0.4) is 0 Å². The number of carbonyl (C=O) groups excluding carboxylic acids is 1. The summed E-state index contributed by atoms with van der Waals surface area (Å²) in [6.45, 7) is 5.53. The van der Waals surface area contributed by atoms with Crippen LogP contribution in [-0.2, 0) is 11.3 Å². The van der Waals surface area contributed by atoms with Gasteiger partial charge in [-0.15, -0.1) is 6.58 Å². The largest absolute Gasteiger partial charge is 0.464 e. The number of hydrogen-bond acceptors (Lipinski definition) is 3. The number of nitrogens with one attached hydrogen (secondary N) is 1. The van der Waals surface area contributed by atoms with Gasteiger partial charge in [0.1, 0.15) is 12.4 Å². The van der Waals surface area contributed by atoms with E-state index in [2.05, 4.69) is 11.9 Å². The molecule has 0 aliphatic carbocycles. The molecule has 0 unspecified atom stereocenters. The van der Waals surface area contributed by atoms with Crippen LogP contribution < -0.4 is 5.32 Å². The second-order valence-electron chi connectivity index (χ2n) is 7.18. The van der Waals surface area contributed by atoms with Crippen molar-refractivity contribution in [1.82, 2.24) is 10.2 Å². The van der Waals surface area contributed by atoms with E-state index >= 15 is 0 Å². The van der Waals surface area contributed by atoms with Crippen molar-refractivity contribution >= 4 is 17.9 Å². The molecule has 31 heavy (non-hydrogen) atoms. The lowest BCUT2D eigenvalue weighted by Crippen LogP contribution is -2.48. The SMILES string of the molecule is C=CC[C@]1(NC(=O)OCc2ccccc2)C=CN(C(=O)O)C(c2ccc(F)cc2C)=C1. The summed E-state index contributed by atoms with van der Waals surface area (Å²) < 4.78 is 18.9. The van der Waals surface area contributed by atoms with Gasteiger partial charge in [0.15, 0.2) is 0 Å². The maximum atomic E-state index is 13.6. The monoisotopic (exact) mass is 422 g/mol. The van der Waals surface area contributed by atoms with Crippen molar-refractivity contribution in [3.63, 3.8) is 0 Å². The molecule has 0 saturated carbocycles. The van der Waals surface area contributed by atoms with Crippen molar-refractivity contribution in [3.8, 4) is 0 Å². The number of halogens is 1. The average molecular weight is 422 g/mol. The summed E-state index contributed by atoms with van der Waals surface area (Å²) in [6, 6.07) is 13.3. The van der Waals surface area contributed by atoms with Gasteiger partial charge in [-0.3, -0.25) is 4.90 Å². The molecule has 0 aromatic heterocycles. The number of amides is 2. The van der Waals surface area contributed by atoms with Gasteiger partial charge in [-0.1, -0.05) is 36.4 Å². The van der Waals surface area contributed by atoms with Crippen LogP contribution in [0.5, 0.6) is 0 Å². The van der Waals surface area contributed by atoms with Gasteiger partial charge in [0.05, 0.1) is 11.2 Å². The zero-order valence-corrected chi connectivity index (χ0v) is 17.0. The Labute approximate surface area is 179 Å². The van der Waals surface area contributed by atoms with E-state index in [0.29, 0.717) is 23.2 Å². The molecule has 2 aromatic rings. The second kappa shape index (κ2) is 9.30. The molecular weight excluding hydrogens is 399 g/mol. The summed E-state index contributed by atoms with van der Waals surface area (Å²) in [6.07, 6.45) is 4.59. The number of ether oxygens (including phenoxy) is 1. The molecule has 1 heterocycles. The first kappa shape index (κ1) is 21.8. The second-order valence-corrected chi connectivity index (χ2v) is 7.18. The summed E-state index contributed by atoms with van der Waals surface area (Å²) in [5, 5.41) is 12.4. The Morgan fingerprint density at radius 2 is 2.00 bits per heavy atom. The Morgan fingerprint density at radius 1 is 1.26 bits per heavy atom. The molecule has 2 amide bonds. The number of carbonyl (C=O) groups is 2. The summed E-state index contributed by atoms with van der Waals surface area (Å²) in [7, 11) is 0. The van der Waals surface area contributed by atoms with Gasteiger partial charge < -0.3 is 15.2 Å². The number of rotatable bonds is 6. The number of benzene rings is 2. The Bertz CT molecular complexity index is 1050. The van der Waals surface area contributed by atoms with Crippen LogP contribution in [-0.4, -0.2) is 27.7 Å². The van der Waals surface area contributed by atoms with E-state index in [1.165, 1.54) is 24.4 Å². The molecule has 1 aliphatic rings. The molecular formula is C24H23FN2O4. The molecule has 6 nitrogen and oxygen atoms in total. The van der Waals surface area contributed by atoms with Gasteiger partial charge in [0, 0.05) is 11.8 Å². The smallest absolute Gasteiger partial charge is 0.415 e. The fraction of sp³-hybridized carbons (Fsp3) is 0.167. The summed E-state index contributed by atoms with van der Waals surface area (Å²) in [4.78, 5) is 25.3. The van der Waals surface area contributed by atoms with Gasteiger partial charge >= 0.3 is 12.2 Å². The third-order valence-electron chi connectivity index (χ3n) is 4.87. The highest BCUT2D eigenvalue weighted by molar-refractivity contribution is 5.85. The van der Waals surface area contributed by atoms with Crippen LogP contribution in [0, 0.1) is 12.7 Å². The number of alkyl carbamates (subject to hydrolysis) is 1. The molecule has 3 rings (SSSR count). The molecule has 0 radical (unpaired) electrons. The van der Waals surface area contributed by atoms with Crippen LogP contribution >= 0.6 is 0 Å². The van der Waals surface area contributed by atoms with E-state index in [1.807, 2.05) is 30.3 Å². The minimum Gasteiger partial charge on any atom is -0.464 e. The minimum absolute atomic E-state index is 0.0927. The van der Waals surface area contributed by atoms with Gasteiger partial charge in [0.25, 0.3) is 0 Å². The maximum Gasteiger partial charge on any atom is 0.415 e. The zero-order chi connectivity index (χ0) is 22.4. The van der Waals surface area contributed by atoms with Crippen molar-refractivity contribution in [2.75, 3.05) is 0 Å².